The van der Waals surface area contributed by atoms with Crippen LogP contribution >= 0.6 is 0 Å². The summed E-state index contributed by atoms with van der Waals surface area (Å²) < 4.78 is 5.72. The highest BCUT2D eigenvalue weighted by molar-refractivity contribution is 6.02. The van der Waals surface area contributed by atoms with Crippen molar-refractivity contribution in [2.24, 2.45) is 0 Å². The molecule has 0 saturated heterocycles. The van der Waals surface area contributed by atoms with Crippen LogP contribution < -0.4 is 5.32 Å². The van der Waals surface area contributed by atoms with Crippen LogP contribution in [0.15, 0.2) is 34.7 Å². The molecule has 22 heavy (non-hydrogen) atoms. The van der Waals surface area contributed by atoms with E-state index in [1.807, 2.05) is 30.3 Å². The van der Waals surface area contributed by atoms with Crippen LogP contribution in [0.4, 0.5) is 0 Å². The second-order valence-electron chi connectivity index (χ2n) is 5.13. The minimum Gasteiger partial charge on any atom is -0.480 e. The SMILES string of the molecule is CCC(NC(=O)c1c(-c2ccccc2)oc(C)c1C)C(=O)O. The topological polar surface area (TPSA) is 79.5 Å². The molecule has 0 spiro atoms. The first-order valence-corrected chi connectivity index (χ1v) is 7.14. The lowest BCUT2D eigenvalue weighted by Gasteiger charge is -2.12. The first kappa shape index (κ1) is 15.8. The van der Waals surface area contributed by atoms with Crippen molar-refractivity contribution < 1.29 is 19.1 Å². The maximum atomic E-state index is 12.5. The fourth-order valence-electron chi connectivity index (χ4n) is 2.26. The van der Waals surface area contributed by atoms with Crippen LogP contribution in [0, 0.1) is 13.8 Å². The molecule has 5 nitrogen and oxygen atoms in total. The molecule has 0 fully saturated rings. The fraction of sp³-hybridized carbons (Fsp3) is 0.294. The number of carboxylic acid groups (broad SMARTS) is 1. The Kier molecular flexibility index (Phi) is 4.65. The van der Waals surface area contributed by atoms with E-state index in [1.165, 1.54) is 0 Å². The van der Waals surface area contributed by atoms with Gasteiger partial charge in [-0.15, -0.1) is 0 Å². The van der Waals surface area contributed by atoms with Crippen molar-refractivity contribution >= 4 is 11.9 Å². The summed E-state index contributed by atoms with van der Waals surface area (Å²) in [5.41, 5.74) is 1.90. The van der Waals surface area contributed by atoms with E-state index in [9.17, 15) is 9.59 Å². The molecule has 116 valence electrons. The van der Waals surface area contributed by atoms with Gasteiger partial charge in [0.05, 0.1) is 5.56 Å². The molecule has 2 rings (SSSR count). The Hall–Kier alpha value is -2.56. The molecule has 1 unspecified atom stereocenters. The molecule has 1 aromatic heterocycles. The van der Waals surface area contributed by atoms with Crippen molar-refractivity contribution in [2.75, 3.05) is 0 Å². The highest BCUT2D eigenvalue weighted by atomic mass is 16.4. The lowest BCUT2D eigenvalue weighted by molar-refractivity contribution is -0.139. The first-order chi connectivity index (χ1) is 10.5. The molecule has 5 heteroatoms. The number of carbonyl (C=O) groups excluding carboxylic acids is 1. The molecule has 2 aromatic rings. The molecule has 1 heterocycles. The number of hydrogen-bond donors (Lipinski definition) is 2. The Morgan fingerprint density at radius 1 is 1.23 bits per heavy atom. The van der Waals surface area contributed by atoms with Gasteiger partial charge < -0.3 is 14.8 Å². The van der Waals surface area contributed by atoms with Gasteiger partial charge in [0.1, 0.15) is 17.6 Å². The van der Waals surface area contributed by atoms with Crippen LogP contribution in [0.3, 0.4) is 0 Å². The van der Waals surface area contributed by atoms with Crippen LogP contribution in [-0.4, -0.2) is 23.0 Å². The molecule has 0 bridgehead atoms. The van der Waals surface area contributed by atoms with Gasteiger partial charge in [-0.1, -0.05) is 37.3 Å². The largest absolute Gasteiger partial charge is 0.480 e. The average molecular weight is 301 g/mol. The molecular formula is C17H19NO4. The van der Waals surface area contributed by atoms with E-state index < -0.39 is 17.9 Å². The summed E-state index contributed by atoms with van der Waals surface area (Å²) >= 11 is 0. The van der Waals surface area contributed by atoms with Crippen molar-refractivity contribution in [1.82, 2.24) is 5.32 Å². The van der Waals surface area contributed by atoms with E-state index in [0.29, 0.717) is 23.5 Å². The minimum atomic E-state index is -1.05. The van der Waals surface area contributed by atoms with Crippen LogP contribution in [0.25, 0.3) is 11.3 Å². The molecule has 0 aliphatic heterocycles. The van der Waals surface area contributed by atoms with Gasteiger partial charge in [0, 0.05) is 11.1 Å². The maximum Gasteiger partial charge on any atom is 0.326 e. The number of aryl methyl sites for hydroxylation is 1. The van der Waals surface area contributed by atoms with E-state index in [-0.39, 0.29) is 0 Å². The van der Waals surface area contributed by atoms with Gasteiger partial charge in [0.25, 0.3) is 5.91 Å². The van der Waals surface area contributed by atoms with Crippen LogP contribution in [0.1, 0.15) is 35.0 Å². The molecule has 0 saturated carbocycles. The number of hydrogen-bond acceptors (Lipinski definition) is 3. The monoisotopic (exact) mass is 301 g/mol. The van der Waals surface area contributed by atoms with Crippen molar-refractivity contribution in [2.45, 2.75) is 33.2 Å². The lowest BCUT2D eigenvalue weighted by Crippen LogP contribution is -2.40. The van der Waals surface area contributed by atoms with Gasteiger partial charge >= 0.3 is 5.97 Å². The Morgan fingerprint density at radius 2 is 1.86 bits per heavy atom. The average Bonchev–Trinajstić information content (AvgIpc) is 2.81. The number of rotatable bonds is 5. The van der Waals surface area contributed by atoms with Crippen molar-refractivity contribution in [3.8, 4) is 11.3 Å². The zero-order valence-corrected chi connectivity index (χ0v) is 12.8. The van der Waals surface area contributed by atoms with Crippen molar-refractivity contribution in [3.05, 3.63) is 47.2 Å². The normalized spacial score (nSPS) is 12.0. The smallest absolute Gasteiger partial charge is 0.326 e. The number of nitrogens with one attached hydrogen (secondary N) is 1. The Bertz CT molecular complexity index is 688. The zero-order chi connectivity index (χ0) is 16.3. The summed E-state index contributed by atoms with van der Waals surface area (Å²) in [5, 5.41) is 11.6. The Balaban J connectivity index is 2.42. The number of amides is 1. The highest BCUT2D eigenvalue weighted by Gasteiger charge is 2.26. The van der Waals surface area contributed by atoms with Gasteiger partial charge in [-0.25, -0.2) is 4.79 Å². The number of furan rings is 1. The molecule has 0 aliphatic rings. The molecule has 2 N–H and O–H groups in total. The van der Waals surface area contributed by atoms with Gasteiger partial charge in [-0.05, 0) is 20.3 Å². The summed E-state index contributed by atoms with van der Waals surface area (Å²) in [6, 6.07) is 8.38. The predicted octanol–water partition coefficient (Wildman–Crippen LogP) is 3.16. The summed E-state index contributed by atoms with van der Waals surface area (Å²) in [6.45, 7) is 5.29. The highest BCUT2D eigenvalue weighted by Crippen LogP contribution is 2.30. The quantitative estimate of drug-likeness (QED) is 0.889. The minimum absolute atomic E-state index is 0.317. The second-order valence-corrected chi connectivity index (χ2v) is 5.13. The van der Waals surface area contributed by atoms with E-state index in [0.717, 1.165) is 11.1 Å². The first-order valence-electron chi connectivity index (χ1n) is 7.14. The van der Waals surface area contributed by atoms with Crippen molar-refractivity contribution in [1.29, 1.82) is 0 Å². The molecule has 0 radical (unpaired) electrons. The molecular weight excluding hydrogens is 282 g/mol. The molecule has 0 aliphatic carbocycles. The standard InChI is InChI=1S/C17H19NO4/c1-4-13(17(20)21)18-16(19)14-10(2)11(3)22-15(14)12-8-6-5-7-9-12/h5-9,13H,4H2,1-3H3,(H,18,19)(H,20,21). The predicted molar refractivity (Wildman–Crippen MR) is 82.8 cm³/mol. The van der Waals surface area contributed by atoms with Gasteiger partial charge in [0.15, 0.2) is 0 Å². The lowest BCUT2D eigenvalue weighted by atomic mass is 10.0. The third-order valence-corrected chi connectivity index (χ3v) is 3.66. The maximum absolute atomic E-state index is 12.5. The van der Waals surface area contributed by atoms with Gasteiger partial charge in [-0.2, -0.15) is 0 Å². The molecule has 1 aromatic carbocycles. The van der Waals surface area contributed by atoms with Gasteiger partial charge in [0.2, 0.25) is 0 Å². The van der Waals surface area contributed by atoms with E-state index in [1.54, 1.807) is 20.8 Å². The number of aliphatic carboxylic acids is 1. The number of carbonyl (C=O) groups is 2. The summed E-state index contributed by atoms with van der Waals surface area (Å²) in [7, 11) is 0. The number of carboxylic acids is 1. The second kappa shape index (κ2) is 6.47. The van der Waals surface area contributed by atoms with E-state index >= 15 is 0 Å². The van der Waals surface area contributed by atoms with Crippen LogP contribution in [0.2, 0.25) is 0 Å². The van der Waals surface area contributed by atoms with Gasteiger partial charge in [-0.3, -0.25) is 4.79 Å². The Morgan fingerprint density at radius 3 is 2.41 bits per heavy atom. The zero-order valence-electron chi connectivity index (χ0n) is 12.8. The van der Waals surface area contributed by atoms with E-state index in [4.69, 9.17) is 9.52 Å². The van der Waals surface area contributed by atoms with E-state index in [2.05, 4.69) is 5.32 Å². The Labute approximate surface area is 129 Å². The fourth-order valence-corrected chi connectivity index (χ4v) is 2.26. The third kappa shape index (κ3) is 3.03. The van der Waals surface area contributed by atoms with Crippen LogP contribution in [0.5, 0.6) is 0 Å². The summed E-state index contributed by atoms with van der Waals surface area (Å²) in [4.78, 5) is 23.6. The summed E-state index contributed by atoms with van der Waals surface area (Å²) in [5.74, 6) is -0.363. The van der Waals surface area contributed by atoms with Crippen molar-refractivity contribution in [3.63, 3.8) is 0 Å². The third-order valence-electron chi connectivity index (χ3n) is 3.66. The number of benzene rings is 1. The molecule has 1 amide bonds. The summed E-state index contributed by atoms with van der Waals surface area (Å²) in [6.07, 6.45) is 0.317. The van der Waals surface area contributed by atoms with Crippen LogP contribution in [-0.2, 0) is 4.79 Å². The molecule has 1 atom stereocenters.